The van der Waals surface area contributed by atoms with Crippen LogP contribution in [-0.2, 0) is 4.79 Å². The van der Waals surface area contributed by atoms with Crippen LogP contribution in [0.2, 0.25) is 0 Å². The number of urea groups is 1. The van der Waals surface area contributed by atoms with Crippen LogP contribution in [0.25, 0.3) is 0 Å². The lowest BCUT2D eigenvalue weighted by atomic mass is 9.98. The summed E-state index contributed by atoms with van der Waals surface area (Å²) in [5.41, 5.74) is 0. The molecule has 2 heterocycles. The van der Waals surface area contributed by atoms with E-state index >= 15 is 0 Å². The molecular formula is C9H15N3O2. The van der Waals surface area contributed by atoms with Crippen LogP contribution < -0.4 is 10.6 Å². The number of hydrogen-bond donors (Lipinski definition) is 2. The molecule has 5 nitrogen and oxygen atoms in total. The summed E-state index contributed by atoms with van der Waals surface area (Å²) in [6.07, 6.45) is 1.93. The van der Waals surface area contributed by atoms with Gasteiger partial charge in [0.25, 0.3) is 0 Å². The highest BCUT2D eigenvalue weighted by molar-refractivity contribution is 6.02. The molecule has 2 N–H and O–H groups in total. The molecule has 2 fully saturated rings. The number of carbonyl (C=O) groups is 2. The van der Waals surface area contributed by atoms with Crippen LogP contribution in [0.1, 0.15) is 19.8 Å². The van der Waals surface area contributed by atoms with E-state index in [4.69, 9.17) is 0 Å². The fourth-order valence-corrected chi connectivity index (χ4v) is 2.15. The van der Waals surface area contributed by atoms with E-state index in [9.17, 15) is 9.59 Å². The van der Waals surface area contributed by atoms with E-state index in [1.165, 1.54) is 4.90 Å². The first kappa shape index (κ1) is 9.45. The predicted octanol–water partition coefficient (Wildman–Crippen LogP) is -0.321. The van der Waals surface area contributed by atoms with Gasteiger partial charge in [-0.15, -0.1) is 0 Å². The summed E-state index contributed by atoms with van der Waals surface area (Å²) in [6.45, 7) is 3.14. The molecule has 78 valence electrons. The molecule has 2 rings (SSSR count). The van der Waals surface area contributed by atoms with Crippen molar-refractivity contribution in [3.05, 3.63) is 0 Å². The summed E-state index contributed by atoms with van der Waals surface area (Å²) < 4.78 is 0. The van der Waals surface area contributed by atoms with E-state index in [2.05, 4.69) is 10.6 Å². The van der Waals surface area contributed by atoms with Gasteiger partial charge in [-0.2, -0.15) is 0 Å². The van der Waals surface area contributed by atoms with Crippen LogP contribution in [0.15, 0.2) is 0 Å². The average Bonchev–Trinajstić information content (AvgIpc) is 2.48. The Hall–Kier alpha value is -1.10. The number of nitrogens with one attached hydrogen (secondary N) is 2. The lowest BCUT2D eigenvalue weighted by Crippen LogP contribution is -2.54. The fourth-order valence-electron chi connectivity index (χ4n) is 2.15. The number of imide groups is 1. The van der Waals surface area contributed by atoms with Gasteiger partial charge in [0.1, 0.15) is 0 Å². The minimum atomic E-state index is -0.240. The van der Waals surface area contributed by atoms with Crippen molar-refractivity contribution in [3.8, 4) is 0 Å². The van der Waals surface area contributed by atoms with E-state index in [-0.39, 0.29) is 30.6 Å². The lowest BCUT2D eigenvalue weighted by Gasteiger charge is -2.34. The van der Waals surface area contributed by atoms with Crippen LogP contribution in [0, 0.1) is 0 Å². The Bertz CT molecular complexity index is 251. The van der Waals surface area contributed by atoms with Gasteiger partial charge in [0.2, 0.25) is 5.91 Å². The molecule has 2 aliphatic rings. The summed E-state index contributed by atoms with van der Waals surface area (Å²) >= 11 is 0. The second-order valence-corrected chi connectivity index (χ2v) is 3.87. The van der Waals surface area contributed by atoms with Crippen LogP contribution in [0.4, 0.5) is 4.79 Å². The monoisotopic (exact) mass is 197 g/mol. The number of rotatable bonds is 1. The first-order valence-corrected chi connectivity index (χ1v) is 5.03. The van der Waals surface area contributed by atoms with Gasteiger partial charge in [-0.3, -0.25) is 9.69 Å². The van der Waals surface area contributed by atoms with Gasteiger partial charge in [-0.1, -0.05) is 0 Å². The second-order valence-electron chi connectivity index (χ2n) is 3.87. The highest BCUT2D eigenvalue weighted by Gasteiger charge is 2.38. The minimum absolute atomic E-state index is 0.0266. The van der Waals surface area contributed by atoms with Crippen LogP contribution in [-0.4, -0.2) is 42.0 Å². The minimum Gasteiger partial charge on any atom is -0.329 e. The molecule has 0 aromatic rings. The number of nitrogens with zero attached hydrogens (tertiary/aromatic N) is 1. The molecule has 2 saturated heterocycles. The molecule has 2 atom stereocenters. The summed E-state index contributed by atoms with van der Waals surface area (Å²) in [4.78, 5) is 24.2. The molecule has 2 unspecified atom stereocenters. The summed E-state index contributed by atoms with van der Waals surface area (Å²) in [7, 11) is 0. The number of amides is 3. The maximum atomic E-state index is 11.4. The van der Waals surface area contributed by atoms with Crippen molar-refractivity contribution < 1.29 is 9.59 Å². The van der Waals surface area contributed by atoms with Crippen molar-refractivity contribution in [2.24, 2.45) is 0 Å². The number of hydrogen-bond acceptors (Lipinski definition) is 3. The van der Waals surface area contributed by atoms with Crippen molar-refractivity contribution in [2.45, 2.75) is 31.8 Å². The molecule has 14 heavy (non-hydrogen) atoms. The Morgan fingerprint density at radius 2 is 2.21 bits per heavy atom. The fraction of sp³-hybridized carbons (Fsp3) is 0.778. The third kappa shape index (κ3) is 1.48. The number of piperidine rings is 1. The third-order valence-electron chi connectivity index (χ3n) is 2.93. The SMILES string of the molecule is CC1NCCCC1N1C(=O)CNC1=O. The average molecular weight is 197 g/mol. The van der Waals surface area contributed by atoms with Crippen molar-refractivity contribution in [3.63, 3.8) is 0 Å². The molecule has 0 radical (unpaired) electrons. The normalized spacial score (nSPS) is 33.4. The second kappa shape index (κ2) is 3.57. The highest BCUT2D eigenvalue weighted by Crippen LogP contribution is 2.17. The largest absolute Gasteiger partial charge is 0.329 e. The Morgan fingerprint density at radius 1 is 1.43 bits per heavy atom. The van der Waals surface area contributed by atoms with Crippen molar-refractivity contribution in [1.29, 1.82) is 0 Å². The molecule has 3 amide bonds. The molecule has 0 aromatic carbocycles. The first-order chi connectivity index (χ1) is 6.70. The molecule has 0 aromatic heterocycles. The molecule has 0 saturated carbocycles. The van der Waals surface area contributed by atoms with E-state index in [1.807, 2.05) is 6.92 Å². The zero-order valence-corrected chi connectivity index (χ0v) is 8.25. The van der Waals surface area contributed by atoms with Gasteiger partial charge < -0.3 is 10.6 Å². The first-order valence-electron chi connectivity index (χ1n) is 5.03. The maximum Gasteiger partial charge on any atom is 0.324 e. The molecule has 0 spiro atoms. The molecule has 2 aliphatic heterocycles. The van der Waals surface area contributed by atoms with Crippen LogP contribution in [0.3, 0.4) is 0 Å². The Labute approximate surface area is 82.8 Å². The van der Waals surface area contributed by atoms with E-state index < -0.39 is 0 Å². The highest BCUT2D eigenvalue weighted by atomic mass is 16.2. The summed E-state index contributed by atoms with van der Waals surface area (Å²) in [5.74, 6) is -0.101. The van der Waals surface area contributed by atoms with Gasteiger partial charge in [-0.05, 0) is 26.3 Å². The zero-order valence-electron chi connectivity index (χ0n) is 8.25. The third-order valence-corrected chi connectivity index (χ3v) is 2.93. The van der Waals surface area contributed by atoms with Gasteiger partial charge >= 0.3 is 6.03 Å². The molecular weight excluding hydrogens is 182 g/mol. The predicted molar refractivity (Wildman–Crippen MR) is 50.7 cm³/mol. The van der Waals surface area contributed by atoms with Crippen molar-refractivity contribution in [1.82, 2.24) is 15.5 Å². The number of carbonyl (C=O) groups excluding carboxylic acids is 2. The van der Waals surface area contributed by atoms with E-state index in [1.54, 1.807) is 0 Å². The van der Waals surface area contributed by atoms with Gasteiger partial charge in [0.05, 0.1) is 12.6 Å². The van der Waals surface area contributed by atoms with Crippen molar-refractivity contribution >= 4 is 11.9 Å². The summed E-state index contributed by atoms with van der Waals surface area (Å²) in [5, 5.41) is 5.82. The van der Waals surface area contributed by atoms with Crippen LogP contribution >= 0.6 is 0 Å². The molecule has 5 heteroatoms. The van der Waals surface area contributed by atoms with Crippen LogP contribution in [0.5, 0.6) is 0 Å². The Balaban J connectivity index is 2.12. The van der Waals surface area contributed by atoms with Gasteiger partial charge in [-0.25, -0.2) is 4.79 Å². The van der Waals surface area contributed by atoms with Gasteiger partial charge in [0, 0.05) is 6.04 Å². The standard InChI is InChI=1S/C9H15N3O2/c1-6-7(3-2-4-10-6)12-8(13)5-11-9(12)14/h6-7,10H,2-5H2,1H3,(H,11,14). The maximum absolute atomic E-state index is 11.4. The quantitative estimate of drug-likeness (QED) is 0.566. The Kier molecular flexibility index (Phi) is 2.41. The lowest BCUT2D eigenvalue weighted by molar-refractivity contribution is -0.127. The zero-order chi connectivity index (χ0) is 10.1. The topological polar surface area (TPSA) is 61.4 Å². The molecule has 0 aliphatic carbocycles. The van der Waals surface area contributed by atoms with E-state index in [0.29, 0.717) is 0 Å². The molecule has 0 bridgehead atoms. The Morgan fingerprint density at radius 3 is 2.79 bits per heavy atom. The van der Waals surface area contributed by atoms with Gasteiger partial charge in [0.15, 0.2) is 0 Å². The van der Waals surface area contributed by atoms with E-state index in [0.717, 1.165) is 19.4 Å². The summed E-state index contributed by atoms with van der Waals surface area (Å²) in [6, 6.07) is -0.00847. The van der Waals surface area contributed by atoms with Crippen molar-refractivity contribution in [2.75, 3.05) is 13.1 Å². The smallest absolute Gasteiger partial charge is 0.324 e.